The zero-order valence-electron chi connectivity index (χ0n) is 14.5. The van der Waals surface area contributed by atoms with Crippen LogP contribution in [0.2, 0.25) is 0 Å². The molecule has 6 nitrogen and oxygen atoms in total. The number of hydrogen-bond acceptors (Lipinski definition) is 6. The molecule has 4 aliphatic rings. The van der Waals surface area contributed by atoms with E-state index < -0.39 is 0 Å². The van der Waals surface area contributed by atoms with Gasteiger partial charge in [0.2, 0.25) is 13.6 Å². The van der Waals surface area contributed by atoms with Crippen molar-refractivity contribution in [2.75, 3.05) is 27.2 Å². The second kappa shape index (κ2) is 5.28. The lowest BCUT2D eigenvalue weighted by Crippen LogP contribution is -2.35. The molecule has 26 heavy (non-hydrogen) atoms. The van der Waals surface area contributed by atoms with Gasteiger partial charge in [-0.1, -0.05) is 6.07 Å². The molecule has 0 fully saturated rings. The van der Waals surface area contributed by atoms with Gasteiger partial charge in [0.25, 0.3) is 0 Å². The Morgan fingerprint density at radius 1 is 0.923 bits per heavy atom. The van der Waals surface area contributed by atoms with E-state index in [-0.39, 0.29) is 18.9 Å². The third-order valence-electron chi connectivity index (χ3n) is 5.84. The van der Waals surface area contributed by atoms with Crippen molar-refractivity contribution in [2.24, 2.45) is 0 Å². The maximum atomic E-state index is 6.29. The van der Waals surface area contributed by atoms with Gasteiger partial charge in [-0.05, 0) is 48.4 Å². The van der Waals surface area contributed by atoms with Crippen molar-refractivity contribution in [3.05, 3.63) is 46.5 Å². The predicted octanol–water partition coefficient (Wildman–Crippen LogP) is 2.94. The summed E-state index contributed by atoms with van der Waals surface area (Å²) in [7, 11) is 2.16. The Labute approximate surface area is 151 Å². The minimum atomic E-state index is -0.0380. The Morgan fingerprint density at radius 3 is 2.65 bits per heavy atom. The SMILES string of the molecule is CN1CCc2cc3c(cc2C1C1OCc2c1ccc1c2OCO1)OCO3. The van der Waals surface area contributed by atoms with Crippen LogP contribution in [-0.4, -0.2) is 32.1 Å². The molecule has 0 aliphatic carbocycles. The molecule has 0 N–H and O–H groups in total. The Balaban J connectivity index is 1.46. The first kappa shape index (κ1) is 14.7. The molecule has 134 valence electrons. The lowest BCUT2D eigenvalue weighted by Gasteiger charge is -2.38. The fraction of sp³-hybridized carbons (Fsp3) is 0.400. The van der Waals surface area contributed by atoms with Crippen LogP contribution in [0, 0.1) is 0 Å². The first-order valence-corrected chi connectivity index (χ1v) is 8.95. The number of fused-ring (bicyclic) bond motifs is 5. The van der Waals surface area contributed by atoms with E-state index in [1.165, 1.54) is 16.7 Å². The van der Waals surface area contributed by atoms with Crippen LogP contribution in [0.15, 0.2) is 24.3 Å². The van der Waals surface area contributed by atoms with Crippen molar-refractivity contribution < 1.29 is 23.7 Å². The Bertz CT molecular complexity index is 912. The molecule has 0 spiro atoms. The molecular formula is C20H19NO5. The van der Waals surface area contributed by atoms with Gasteiger partial charge in [0.1, 0.15) is 6.10 Å². The molecule has 2 atom stereocenters. The lowest BCUT2D eigenvalue weighted by atomic mass is 9.86. The van der Waals surface area contributed by atoms with E-state index in [0.29, 0.717) is 13.4 Å². The van der Waals surface area contributed by atoms with Crippen molar-refractivity contribution in [1.82, 2.24) is 4.90 Å². The Kier molecular flexibility index (Phi) is 2.99. The molecule has 2 aromatic rings. The van der Waals surface area contributed by atoms with Crippen molar-refractivity contribution in [3.8, 4) is 23.0 Å². The summed E-state index contributed by atoms with van der Waals surface area (Å²) in [4.78, 5) is 2.37. The number of likely N-dealkylation sites (N-methyl/N-ethyl adjacent to an activating group) is 1. The molecule has 0 saturated carbocycles. The Hall–Kier alpha value is -2.44. The average molecular weight is 353 g/mol. The van der Waals surface area contributed by atoms with Gasteiger partial charge in [-0.25, -0.2) is 0 Å². The van der Waals surface area contributed by atoms with Crippen LogP contribution in [0.4, 0.5) is 0 Å². The minimum absolute atomic E-state index is 0.0380. The molecule has 0 saturated heterocycles. The van der Waals surface area contributed by atoms with E-state index in [4.69, 9.17) is 23.7 Å². The minimum Gasteiger partial charge on any atom is -0.454 e. The largest absolute Gasteiger partial charge is 0.454 e. The van der Waals surface area contributed by atoms with Gasteiger partial charge in [-0.15, -0.1) is 0 Å². The molecule has 6 heteroatoms. The van der Waals surface area contributed by atoms with Crippen LogP contribution in [-0.2, 0) is 17.8 Å². The fourth-order valence-corrected chi connectivity index (χ4v) is 4.54. The summed E-state index contributed by atoms with van der Waals surface area (Å²) < 4.78 is 28.7. The van der Waals surface area contributed by atoms with E-state index in [9.17, 15) is 0 Å². The van der Waals surface area contributed by atoms with Crippen molar-refractivity contribution in [2.45, 2.75) is 25.2 Å². The fourth-order valence-electron chi connectivity index (χ4n) is 4.54. The van der Waals surface area contributed by atoms with Gasteiger partial charge in [0.05, 0.1) is 12.6 Å². The maximum absolute atomic E-state index is 6.29. The topological polar surface area (TPSA) is 49.4 Å². The summed E-state index contributed by atoms with van der Waals surface area (Å²) in [5.74, 6) is 3.33. The molecule has 4 heterocycles. The van der Waals surface area contributed by atoms with Crippen LogP contribution < -0.4 is 18.9 Å². The Morgan fingerprint density at radius 2 is 1.73 bits per heavy atom. The first-order valence-electron chi connectivity index (χ1n) is 8.95. The molecule has 2 unspecified atom stereocenters. The number of ether oxygens (including phenoxy) is 5. The van der Waals surface area contributed by atoms with Gasteiger partial charge in [0, 0.05) is 12.1 Å². The standard InChI is InChI=1S/C20H19NO5/c1-21-5-4-11-6-16-17(25-9-24-16)7-13(11)18(21)20-12-2-3-15-19(26-10-23-15)14(12)8-22-20/h2-3,6-7,18,20H,4-5,8-10H2,1H3. The van der Waals surface area contributed by atoms with E-state index >= 15 is 0 Å². The van der Waals surface area contributed by atoms with Crippen molar-refractivity contribution in [1.29, 1.82) is 0 Å². The highest BCUT2D eigenvalue weighted by Gasteiger charge is 2.40. The summed E-state index contributed by atoms with van der Waals surface area (Å²) in [5.41, 5.74) is 4.89. The summed E-state index contributed by atoms with van der Waals surface area (Å²) in [5, 5.41) is 0. The highest BCUT2D eigenvalue weighted by Crippen LogP contribution is 2.51. The highest BCUT2D eigenvalue weighted by molar-refractivity contribution is 5.56. The van der Waals surface area contributed by atoms with Crippen LogP contribution in [0.5, 0.6) is 23.0 Å². The highest BCUT2D eigenvalue weighted by atomic mass is 16.7. The molecule has 0 bridgehead atoms. The van der Waals surface area contributed by atoms with E-state index in [0.717, 1.165) is 41.5 Å². The van der Waals surface area contributed by atoms with Crippen LogP contribution in [0.25, 0.3) is 0 Å². The molecular weight excluding hydrogens is 334 g/mol. The molecule has 0 aromatic heterocycles. The zero-order valence-corrected chi connectivity index (χ0v) is 14.5. The number of rotatable bonds is 1. The third kappa shape index (κ3) is 1.94. The molecule has 4 aliphatic heterocycles. The monoisotopic (exact) mass is 353 g/mol. The van der Waals surface area contributed by atoms with Gasteiger partial charge < -0.3 is 23.7 Å². The van der Waals surface area contributed by atoms with Crippen molar-refractivity contribution >= 4 is 0 Å². The second-order valence-corrected chi connectivity index (χ2v) is 7.18. The van der Waals surface area contributed by atoms with Gasteiger partial charge in [-0.2, -0.15) is 0 Å². The number of hydrogen-bond donors (Lipinski definition) is 0. The molecule has 0 radical (unpaired) electrons. The number of benzene rings is 2. The van der Waals surface area contributed by atoms with Crippen molar-refractivity contribution in [3.63, 3.8) is 0 Å². The normalized spacial score (nSPS) is 25.3. The zero-order chi connectivity index (χ0) is 17.3. The van der Waals surface area contributed by atoms with Gasteiger partial charge in [0.15, 0.2) is 23.0 Å². The van der Waals surface area contributed by atoms with Gasteiger partial charge >= 0.3 is 0 Å². The number of nitrogens with zero attached hydrogens (tertiary/aromatic N) is 1. The van der Waals surface area contributed by atoms with E-state index in [1.807, 2.05) is 6.07 Å². The quantitative estimate of drug-likeness (QED) is 0.786. The lowest BCUT2D eigenvalue weighted by molar-refractivity contribution is -0.00399. The summed E-state index contributed by atoms with van der Waals surface area (Å²) in [6.07, 6.45) is 0.962. The first-order chi connectivity index (χ1) is 12.8. The van der Waals surface area contributed by atoms with Crippen LogP contribution in [0.3, 0.4) is 0 Å². The smallest absolute Gasteiger partial charge is 0.231 e. The summed E-state index contributed by atoms with van der Waals surface area (Å²) in [6, 6.07) is 8.51. The summed E-state index contributed by atoms with van der Waals surface area (Å²) >= 11 is 0. The van der Waals surface area contributed by atoms with Gasteiger partial charge in [-0.3, -0.25) is 4.90 Å². The molecule has 0 amide bonds. The second-order valence-electron chi connectivity index (χ2n) is 7.18. The summed E-state index contributed by atoms with van der Waals surface area (Å²) in [6.45, 7) is 2.12. The molecule has 2 aromatic carbocycles. The van der Waals surface area contributed by atoms with E-state index in [1.54, 1.807) is 0 Å². The van der Waals surface area contributed by atoms with Crippen LogP contribution >= 0.6 is 0 Å². The predicted molar refractivity (Wildman–Crippen MR) is 91.7 cm³/mol. The molecule has 6 rings (SSSR count). The third-order valence-corrected chi connectivity index (χ3v) is 5.84. The van der Waals surface area contributed by atoms with Crippen LogP contribution in [0.1, 0.15) is 34.4 Å². The average Bonchev–Trinajstić information content (AvgIpc) is 3.37. The van der Waals surface area contributed by atoms with E-state index in [2.05, 4.69) is 30.1 Å². The maximum Gasteiger partial charge on any atom is 0.231 e.